The third-order valence-electron chi connectivity index (χ3n) is 3.63. The Morgan fingerprint density at radius 3 is 2.35 bits per heavy atom. The van der Waals surface area contributed by atoms with Crippen molar-refractivity contribution in [3.63, 3.8) is 0 Å². The minimum Gasteiger partial charge on any atom is -0.367 e. The molecule has 1 aliphatic rings. The number of halogens is 2. The van der Waals surface area contributed by atoms with E-state index in [9.17, 15) is 0 Å². The van der Waals surface area contributed by atoms with Gasteiger partial charge < -0.3 is 10.2 Å². The third-order valence-corrected chi connectivity index (χ3v) is 4.91. The Balaban J connectivity index is 1.85. The number of rotatable bonds is 2. The van der Waals surface area contributed by atoms with E-state index in [4.69, 9.17) is 0 Å². The van der Waals surface area contributed by atoms with Crippen LogP contribution in [-0.4, -0.2) is 19.6 Å². The maximum absolute atomic E-state index is 3.67. The molecule has 0 spiro atoms. The Labute approximate surface area is 136 Å². The van der Waals surface area contributed by atoms with Gasteiger partial charge in [0.1, 0.15) is 0 Å². The smallest absolute Gasteiger partial charge is 0.0656 e. The maximum atomic E-state index is 3.67. The summed E-state index contributed by atoms with van der Waals surface area (Å²) >= 11 is 7.33. The van der Waals surface area contributed by atoms with Gasteiger partial charge in [-0.15, -0.1) is 0 Å². The molecule has 1 fully saturated rings. The van der Waals surface area contributed by atoms with E-state index in [1.54, 1.807) is 0 Å². The summed E-state index contributed by atoms with van der Waals surface area (Å²) in [4.78, 5) is 2.43. The second kappa shape index (κ2) is 6.29. The number of nitrogens with zero attached hydrogens (tertiary/aromatic N) is 1. The number of anilines is 1. The number of para-hydroxylation sites is 1. The van der Waals surface area contributed by atoms with Crippen LogP contribution in [0.5, 0.6) is 0 Å². The zero-order valence-electron chi connectivity index (χ0n) is 11.0. The molecule has 1 N–H and O–H groups in total. The number of hydrogen-bond donors (Lipinski definition) is 1. The molecule has 2 aromatic carbocycles. The molecule has 0 aromatic heterocycles. The number of benzene rings is 2. The van der Waals surface area contributed by atoms with Gasteiger partial charge in [-0.3, -0.25) is 0 Å². The summed E-state index contributed by atoms with van der Waals surface area (Å²) in [6, 6.07) is 17.3. The second-order valence-electron chi connectivity index (χ2n) is 4.93. The zero-order valence-corrected chi connectivity index (χ0v) is 14.2. The van der Waals surface area contributed by atoms with Gasteiger partial charge in [0.2, 0.25) is 0 Å². The zero-order chi connectivity index (χ0) is 13.9. The Hall–Kier alpha value is -0.840. The van der Waals surface area contributed by atoms with Crippen LogP contribution in [0.1, 0.15) is 11.6 Å². The molecule has 0 bridgehead atoms. The first-order chi connectivity index (χ1) is 9.75. The maximum Gasteiger partial charge on any atom is 0.0656 e. The first kappa shape index (κ1) is 14.1. The van der Waals surface area contributed by atoms with Crippen LogP contribution < -0.4 is 10.2 Å². The Bertz CT molecular complexity index is 566. The average Bonchev–Trinajstić information content (AvgIpc) is 2.48. The average molecular weight is 396 g/mol. The van der Waals surface area contributed by atoms with Crippen molar-refractivity contribution in [1.82, 2.24) is 5.32 Å². The lowest BCUT2D eigenvalue weighted by atomic mass is 10.0. The summed E-state index contributed by atoms with van der Waals surface area (Å²) in [7, 11) is 0. The van der Waals surface area contributed by atoms with Crippen LogP contribution in [0.4, 0.5) is 5.69 Å². The monoisotopic (exact) mass is 394 g/mol. The van der Waals surface area contributed by atoms with Crippen LogP contribution in [-0.2, 0) is 0 Å². The highest BCUT2D eigenvalue weighted by atomic mass is 79.9. The number of hydrogen-bond acceptors (Lipinski definition) is 2. The van der Waals surface area contributed by atoms with Crippen LogP contribution in [0.15, 0.2) is 57.5 Å². The molecule has 0 aliphatic carbocycles. The molecule has 0 amide bonds. The highest BCUT2D eigenvalue weighted by Gasteiger charge is 2.23. The van der Waals surface area contributed by atoms with Crippen molar-refractivity contribution in [3.05, 3.63) is 63.0 Å². The molecule has 1 atom stereocenters. The lowest BCUT2D eigenvalue weighted by molar-refractivity contribution is 0.471. The molecule has 1 saturated heterocycles. The van der Waals surface area contributed by atoms with E-state index in [2.05, 4.69) is 90.6 Å². The summed E-state index contributed by atoms with van der Waals surface area (Å²) in [5.41, 5.74) is 2.59. The Kier molecular flexibility index (Phi) is 4.44. The SMILES string of the molecule is Brc1cccc(Br)c1N1CCNC(c2ccccc2)C1. The largest absolute Gasteiger partial charge is 0.367 e. The van der Waals surface area contributed by atoms with E-state index in [0.717, 1.165) is 28.6 Å². The topological polar surface area (TPSA) is 15.3 Å². The van der Waals surface area contributed by atoms with Crippen LogP contribution in [0.25, 0.3) is 0 Å². The molecule has 2 aromatic rings. The molecule has 1 heterocycles. The van der Waals surface area contributed by atoms with Gasteiger partial charge in [0.05, 0.1) is 5.69 Å². The predicted octanol–water partition coefficient (Wildman–Crippen LogP) is 4.36. The van der Waals surface area contributed by atoms with Crippen LogP contribution in [0.2, 0.25) is 0 Å². The van der Waals surface area contributed by atoms with Crippen molar-refractivity contribution < 1.29 is 0 Å². The molecule has 4 heteroatoms. The van der Waals surface area contributed by atoms with Gasteiger partial charge in [-0.05, 0) is 49.6 Å². The van der Waals surface area contributed by atoms with Gasteiger partial charge >= 0.3 is 0 Å². The van der Waals surface area contributed by atoms with Crippen molar-refractivity contribution in [2.24, 2.45) is 0 Å². The van der Waals surface area contributed by atoms with Crippen molar-refractivity contribution in [1.29, 1.82) is 0 Å². The first-order valence-electron chi connectivity index (χ1n) is 6.73. The van der Waals surface area contributed by atoms with Gasteiger partial charge in [-0.1, -0.05) is 36.4 Å². The quantitative estimate of drug-likeness (QED) is 0.812. The summed E-state index contributed by atoms with van der Waals surface area (Å²) < 4.78 is 2.28. The van der Waals surface area contributed by atoms with E-state index in [0.29, 0.717) is 6.04 Å². The van der Waals surface area contributed by atoms with Crippen molar-refractivity contribution in [2.75, 3.05) is 24.5 Å². The molecule has 0 radical (unpaired) electrons. The van der Waals surface area contributed by atoms with Gasteiger partial charge in [0, 0.05) is 34.6 Å². The van der Waals surface area contributed by atoms with E-state index < -0.39 is 0 Å². The fourth-order valence-corrected chi connectivity index (χ4v) is 4.15. The molecule has 2 nitrogen and oxygen atoms in total. The molecule has 104 valence electrons. The van der Waals surface area contributed by atoms with Gasteiger partial charge in [-0.25, -0.2) is 0 Å². The normalized spacial score (nSPS) is 19.1. The van der Waals surface area contributed by atoms with Crippen molar-refractivity contribution in [2.45, 2.75) is 6.04 Å². The summed E-state index contributed by atoms with van der Waals surface area (Å²) in [6.07, 6.45) is 0. The standard InChI is InChI=1S/C16H16Br2N2/c17-13-7-4-8-14(18)16(13)20-10-9-19-15(11-20)12-5-2-1-3-6-12/h1-8,15,19H,9-11H2. The lowest BCUT2D eigenvalue weighted by Gasteiger charge is -2.36. The molecule has 1 aliphatic heterocycles. The third kappa shape index (κ3) is 2.92. The summed E-state index contributed by atoms with van der Waals surface area (Å²) in [6.45, 7) is 2.99. The Morgan fingerprint density at radius 1 is 0.950 bits per heavy atom. The van der Waals surface area contributed by atoms with Crippen molar-refractivity contribution in [3.8, 4) is 0 Å². The molecule has 3 rings (SSSR count). The van der Waals surface area contributed by atoms with Gasteiger partial charge in [0.15, 0.2) is 0 Å². The van der Waals surface area contributed by atoms with Crippen LogP contribution in [0, 0.1) is 0 Å². The fraction of sp³-hybridized carbons (Fsp3) is 0.250. The van der Waals surface area contributed by atoms with Crippen LogP contribution in [0.3, 0.4) is 0 Å². The van der Waals surface area contributed by atoms with Crippen LogP contribution >= 0.6 is 31.9 Å². The van der Waals surface area contributed by atoms with Crippen molar-refractivity contribution >= 4 is 37.5 Å². The van der Waals surface area contributed by atoms with E-state index in [1.165, 1.54) is 11.3 Å². The van der Waals surface area contributed by atoms with E-state index in [1.807, 2.05) is 0 Å². The van der Waals surface area contributed by atoms with Gasteiger partial charge in [-0.2, -0.15) is 0 Å². The lowest BCUT2D eigenvalue weighted by Crippen LogP contribution is -2.46. The molecular formula is C16H16Br2N2. The number of nitrogens with one attached hydrogen (secondary N) is 1. The highest BCUT2D eigenvalue weighted by molar-refractivity contribution is 9.11. The molecule has 0 saturated carbocycles. The minimum absolute atomic E-state index is 0.379. The minimum atomic E-state index is 0.379. The number of piperazine rings is 1. The van der Waals surface area contributed by atoms with E-state index in [-0.39, 0.29) is 0 Å². The first-order valence-corrected chi connectivity index (χ1v) is 8.31. The highest BCUT2D eigenvalue weighted by Crippen LogP contribution is 2.35. The van der Waals surface area contributed by atoms with E-state index >= 15 is 0 Å². The predicted molar refractivity (Wildman–Crippen MR) is 91.2 cm³/mol. The molecular weight excluding hydrogens is 380 g/mol. The fourth-order valence-electron chi connectivity index (χ4n) is 2.65. The second-order valence-corrected chi connectivity index (χ2v) is 6.64. The van der Waals surface area contributed by atoms with Gasteiger partial charge in [0.25, 0.3) is 0 Å². The molecule has 20 heavy (non-hydrogen) atoms. The summed E-state index contributed by atoms with van der Waals surface area (Å²) in [5.74, 6) is 0. The summed E-state index contributed by atoms with van der Waals surface area (Å²) in [5, 5.41) is 3.60. The molecule has 1 unspecified atom stereocenters. The Morgan fingerprint density at radius 2 is 1.65 bits per heavy atom.